The molecule has 0 saturated carbocycles. The van der Waals surface area contributed by atoms with Gasteiger partial charge in [-0.3, -0.25) is 0 Å². The monoisotopic (exact) mass is 340 g/mol. The first-order valence-corrected chi connectivity index (χ1v) is 10.1. The van der Waals surface area contributed by atoms with E-state index in [4.69, 9.17) is 14.2 Å². The Hall–Kier alpha value is -0.380. The molecule has 3 heteroatoms. The topological polar surface area (TPSA) is 27.7 Å². The molecule has 1 rings (SSSR count). The van der Waals surface area contributed by atoms with Crippen LogP contribution in [0.3, 0.4) is 0 Å². The van der Waals surface area contributed by atoms with Gasteiger partial charge in [-0.2, -0.15) is 0 Å². The van der Waals surface area contributed by atoms with E-state index in [2.05, 4.69) is 13.0 Å². The van der Waals surface area contributed by atoms with Crippen LogP contribution in [0.5, 0.6) is 0 Å². The Morgan fingerprint density at radius 3 is 2.17 bits per heavy atom. The summed E-state index contributed by atoms with van der Waals surface area (Å²) in [4.78, 5) is 0. The second-order valence-electron chi connectivity index (χ2n) is 7.12. The van der Waals surface area contributed by atoms with Crippen LogP contribution in [0.25, 0.3) is 0 Å². The van der Waals surface area contributed by atoms with Crippen molar-refractivity contribution in [3.05, 3.63) is 11.6 Å². The van der Waals surface area contributed by atoms with Gasteiger partial charge in [0.2, 0.25) is 0 Å². The number of allylic oxidation sites excluding steroid dienone is 2. The fraction of sp³-hybridized carbons (Fsp3) is 0.905. The van der Waals surface area contributed by atoms with E-state index in [1.807, 2.05) is 0 Å². The van der Waals surface area contributed by atoms with Crippen molar-refractivity contribution < 1.29 is 14.2 Å². The van der Waals surface area contributed by atoms with Gasteiger partial charge in [0.05, 0.1) is 0 Å². The third-order valence-corrected chi connectivity index (χ3v) is 5.46. The first-order chi connectivity index (χ1) is 11.7. The highest BCUT2D eigenvalue weighted by Gasteiger charge is 2.39. The summed E-state index contributed by atoms with van der Waals surface area (Å²) >= 11 is 0. The quantitative estimate of drug-likeness (QED) is 0.213. The number of unbranched alkanes of at least 4 members (excludes halogenated alkanes) is 5. The lowest BCUT2D eigenvalue weighted by molar-refractivity contribution is -0.380. The molecular weight excluding hydrogens is 300 g/mol. The van der Waals surface area contributed by atoms with Gasteiger partial charge >= 0.3 is 0 Å². The molecule has 0 N–H and O–H groups in total. The van der Waals surface area contributed by atoms with Gasteiger partial charge in [0.25, 0.3) is 5.97 Å². The third-order valence-electron chi connectivity index (χ3n) is 5.46. The Morgan fingerprint density at radius 2 is 1.58 bits per heavy atom. The lowest BCUT2D eigenvalue weighted by Crippen LogP contribution is -2.44. The summed E-state index contributed by atoms with van der Waals surface area (Å²) in [5.41, 5.74) is 1.62. The largest absolute Gasteiger partial charge is 0.331 e. The van der Waals surface area contributed by atoms with Crippen LogP contribution in [0.2, 0.25) is 0 Å². The molecule has 0 spiro atoms. The lowest BCUT2D eigenvalue weighted by atomic mass is 9.88. The van der Waals surface area contributed by atoms with Crippen LogP contribution >= 0.6 is 0 Å². The van der Waals surface area contributed by atoms with Crippen LogP contribution in [-0.4, -0.2) is 27.3 Å². The smallest absolute Gasteiger partial charge is 0.285 e. The van der Waals surface area contributed by atoms with E-state index in [1.54, 1.807) is 26.9 Å². The molecule has 0 radical (unpaired) electrons. The normalized spacial score (nSPS) is 16.9. The number of hydrogen-bond acceptors (Lipinski definition) is 3. The molecule has 0 amide bonds. The van der Waals surface area contributed by atoms with Crippen LogP contribution in [0, 0.1) is 5.92 Å². The van der Waals surface area contributed by atoms with E-state index in [9.17, 15) is 0 Å². The van der Waals surface area contributed by atoms with Crippen LogP contribution < -0.4 is 0 Å². The maximum absolute atomic E-state index is 5.67. The number of hydrogen-bond donors (Lipinski definition) is 0. The SMILES string of the molecule is CCCCCCCCC(CCC1=CCCCC1)C(OC)(OC)OC. The molecule has 0 aromatic carbocycles. The van der Waals surface area contributed by atoms with Crippen molar-refractivity contribution in [1.82, 2.24) is 0 Å². The summed E-state index contributed by atoms with van der Waals surface area (Å²) in [6.07, 6.45) is 18.9. The van der Waals surface area contributed by atoms with Crippen LogP contribution in [0.1, 0.15) is 90.4 Å². The predicted octanol–water partition coefficient (Wildman–Crippen LogP) is 6.23. The van der Waals surface area contributed by atoms with Gasteiger partial charge < -0.3 is 14.2 Å². The summed E-state index contributed by atoms with van der Waals surface area (Å²) in [6, 6.07) is 0. The molecule has 1 aliphatic carbocycles. The highest BCUT2D eigenvalue weighted by molar-refractivity contribution is 5.05. The third kappa shape index (κ3) is 7.25. The molecule has 0 fully saturated rings. The average molecular weight is 341 g/mol. The van der Waals surface area contributed by atoms with Gasteiger partial charge in [-0.1, -0.05) is 57.1 Å². The lowest BCUT2D eigenvalue weighted by Gasteiger charge is -2.37. The highest BCUT2D eigenvalue weighted by Crippen LogP contribution is 2.34. The molecule has 0 aromatic rings. The fourth-order valence-corrected chi connectivity index (χ4v) is 3.91. The molecule has 0 aliphatic heterocycles. The standard InChI is InChI=1S/C21H40O3/c1-5-6-7-8-9-13-16-20(21(22-2,23-3)24-4)18-17-19-14-11-10-12-15-19/h14,20H,5-13,15-18H2,1-4H3. The molecule has 1 atom stereocenters. The van der Waals surface area contributed by atoms with E-state index in [-0.39, 0.29) is 5.92 Å². The summed E-state index contributed by atoms with van der Waals surface area (Å²) < 4.78 is 17.0. The zero-order chi connectivity index (χ0) is 17.7. The summed E-state index contributed by atoms with van der Waals surface area (Å²) in [7, 11) is 5.09. The van der Waals surface area contributed by atoms with E-state index >= 15 is 0 Å². The second kappa shape index (κ2) is 12.9. The van der Waals surface area contributed by atoms with Gasteiger partial charge in [-0.05, 0) is 44.9 Å². The van der Waals surface area contributed by atoms with Crippen molar-refractivity contribution in [2.75, 3.05) is 21.3 Å². The van der Waals surface area contributed by atoms with Crippen LogP contribution in [0.4, 0.5) is 0 Å². The molecule has 142 valence electrons. The Kier molecular flexibility index (Phi) is 11.7. The predicted molar refractivity (Wildman–Crippen MR) is 101 cm³/mol. The van der Waals surface area contributed by atoms with Gasteiger partial charge in [0, 0.05) is 27.2 Å². The van der Waals surface area contributed by atoms with Crippen molar-refractivity contribution in [3.63, 3.8) is 0 Å². The molecule has 3 nitrogen and oxygen atoms in total. The van der Waals surface area contributed by atoms with E-state index in [0.717, 1.165) is 19.3 Å². The Bertz CT molecular complexity index is 326. The molecule has 24 heavy (non-hydrogen) atoms. The van der Waals surface area contributed by atoms with Crippen LogP contribution in [0.15, 0.2) is 11.6 Å². The second-order valence-corrected chi connectivity index (χ2v) is 7.12. The van der Waals surface area contributed by atoms with Crippen molar-refractivity contribution >= 4 is 0 Å². The van der Waals surface area contributed by atoms with Gasteiger partial charge in [-0.15, -0.1) is 0 Å². The molecular formula is C21H40O3. The van der Waals surface area contributed by atoms with Crippen LogP contribution in [-0.2, 0) is 14.2 Å². The summed E-state index contributed by atoms with van der Waals surface area (Å²) in [5, 5.41) is 0. The fourth-order valence-electron chi connectivity index (χ4n) is 3.91. The van der Waals surface area contributed by atoms with Gasteiger partial charge in [0.15, 0.2) is 0 Å². The minimum absolute atomic E-state index is 0.284. The van der Waals surface area contributed by atoms with Gasteiger partial charge in [0.1, 0.15) is 0 Å². The minimum atomic E-state index is -0.890. The number of rotatable bonds is 14. The van der Waals surface area contributed by atoms with E-state index < -0.39 is 5.97 Å². The summed E-state index contributed by atoms with van der Waals surface area (Å²) in [6.45, 7) is 2.26. The Labute approximate surface area is 150 Å². The molecule has 0 heterocycles. The number of ether oxygens (including phenoxy) is 3. The molecule has 0 saturated heterocycles. The Morgan fingerprint density at radius 1 is 0.917 bits per heavy atom. The maximum Gasteiger partial charge on any atom is 0.285 e. The zero-order valence-corrected chi connectivity index (χ0v) is 16.6. The highest BCUT2D eigenvalue weighted by atomic mass is 16.9. The zero-order valence-electron chi connectivity index (χ0n) is 16.6. The van der Waals surface area contributed by atoms with Gasteiger partial charge in [-0.25, -0.2) is 0 Å². The van der Waals surface area contributed by atoms with E-state index in [1.165, 1.54) is 64.2 Å². The summed E-state index contributed by atoms with van der Waals surface area (Å²) in [5.74, 6) is -0.606. The first-order valence-electron chi connectivity index (χ1n) is 10.1. The van der Waals surface area contributed by atoms with Crippen molar-refractivity contribution in [2.45, 2.75) is 96.4 Å². The average Bonchev–Trinajstić information content (AvgIpc) is 2.64. The Balaban J connectivity index is 2.52. The molecule has 1 aliphatic rings. The van der Waals surface area contributed by atoms with Crippen molar-refractivity contribution in [1.29, 1.82) is 0 Å². The molecule has 0 aromatic heterocycles. The van der Waals surface area contributed by atoms with Crippen molar-refractivity contribution in [3.8, 4) is 0 Å². The first kappa shape index (κ1) is 21.7. The molecule has 0 bridgehead atoms. The maximum atomic E-state index is 5.67. The number of methoxy groups -OCH3 is 3. The molecule has 1 unspecified atom stereocenters. The minimum Gasteiger partial charge on any atom is -0.331 e. The van der Waals surface area contributed by atoms with E-state index in [0.29, 0.717) is 0 Å². The van der Waals surface area contributed by atoms with Crippen molar-refractivity contribution in [2.24, 2.45) is 5.92 Å².